The summed E-state index contributed by atoms with van der Waals surface area (Å²) >= 11 is 0. The maximum atomic E-state index is 10.3. The molecule has 0 atom stereocenters. The second-order valence-electron chi connectivity index (χ2n) is 14.0. The third kappa shape index (κ3) is 12.1. The fourth-order valence-corrected chi connectivity index (χ4v) is 6.20. The van der Waals surface area contributed by atoms with Crippen molar-refractivity contribution in [3.8, 4) is 0 Å². The first-order valence-corrected chi connectivity index (χ1v) is 18.3. The van der Waals surface area contributed by atoms with E-state index in [-0.39, 0.29) is 26.4 Å². The summed E-state index contributed by atoms with van der Waals surface area (Å²) in [5, 5.41) is 20.5. The molecule has 2 aromatic rings. The van der Waals surface area contributed by atoms with E-state index < -0.39 is 23.4 Å². The third-order valence-corrected chi connectivity index (χ3v) is 9.57. The number of unbranched alkanes of at least 4 members (excludes halogenated alkanes) is 10. The molecule has 4 heterocycles. The van der Waals surface area contributed by atoms with E-state index in [1.807, 2.05) is 0 Å². The quantitative estimate of drug-likeness (QED) is 0.123. The molecule has 0 bridgehead atoms. The highest BCUT2D eigenvalue weighted by Gasteiger charge is 2.41. The molecular formula is C38H62N2O7+2. The minimum Gasteiger partial charge on any atom is -0.396 e. The first-order valence-electron chi connectivity index (χ1n) is 18.3. The highest BCUT2D eigenvalue weighted by atomic mass is 16.7. The Hall–Kier alpha value is -1.98. The molecule has 0 spiro atoms. The van der Waals surface area contributed by atoms with Gasteiger partial charge in [0.15, 0.2) is 37.4 Å². The van der Waals surface area contributed by atoms with Crippen molar-refractivity contribution < 1.29 is 43.0 Å². The van der Waals surface area contributed by atoms with Crippen molar-refractivity contribution in [2.24, 2.45) is 10.8 Å². The van der Waals surface area contributed by atoms with Crippen LogP contribution in [-0.4, -0.2) is 63.1 Å². The fraction of sp³-hybridized carbons (Fsp3) is 0.737. The van der Waals surface area contributed by atoms with Gasteiger partial charge in [-0.2, -0.15) is 0 Å². The second kappa shape index (κ2) is 20.5. The molecule has 2 saturated heterocycles. The number of pyridine rings is 2. The van der Waals surface area contributed by atoms with E-state index in [0.29, 0.717) is 26.4 Å². The first kappa shape index (κ1) is 37.8. The van der Waals surface area contributed by atoms with E-state index in [2.05, 4.69) is 72.0 Å². The maximum absolute atomic E-state index is 10.3. The number of rotatable bonds is 22. The van der Waals surface area contributed by atoms with Crippen molar-refractivity contribution in [1.29, 1.82) is 0 Å². The normalized spacial score (nSPS) is 24.9. The number of nitrogens with zero attached hydrogens (tertiary/aromatic N) is 2. The van der Waals surface area contributed by atoms with Crippen molar-refractivity contribution in [1.82, 2.24) is 0 Å². The van der Waals surface area contributed by atoms with Gasteiger partial charge < -0.3 is 33.9 Å². The van der Waals surface area contributed by atoms with Gasteiger partial charge in [0.1, 0.15) is 13.1 Å². The Morgan fingerprint density at radius 3 is 1.26 bits per heavy atom. The van der Waals surface area contributed by atoms with Crippen LogP contribution in [-0.2, 0) is 36.8 Å². The van der Waals surface area contributed by atoms with Gasteiger partial charge in [0, 0.05) is 48.2 Å². The number of aromatic nitrogens is 2. The molecular weight excluding hydrogens is 596 g/mol. The largest absolute Gasteiger partial charge is 0.396 e. The standard InChI is InChI=1S/C38H62N2O7/c1-3-5-7-9-11-13-19-39-21-15-33(16-22-39)35-44-29-37(25-41,30-45-35)27-43-28-38(26-42)31-46-36(47-32-38)34-17-23-40(24-18-34)20-14-12-10-8-6-4-2/h15-18,21-24,35-36,41-42H,3-14,19-20,25-32H2,1-2H3/q+2. The minimum atomic E-state index is -0.673. The SMILES string of the molecule is CCCCCCCC[n+]1ccc(C2OCC(CO)(COCC3(CO)COC(c4cc[n+](CCCCCCCC)cc4)OC3)CO2)cc1. The molecule has 264 valence electrons. The van der Waals surface area contributed by atoms with Crippen LogP contribution in [0.1, 0.15) is 115 Å². The third-order valence-electron chi connectivity index (χ3n) is 9.57. The Morgan fingerprint density at radius 2 is 0.915 bits per heavy atom. The Balaban J connectivity index is 1.15. The van der Waals surface area contributed by atoms with E-state index in [1.165, 1.54) is 77.0 Å². The van der Waals surface area contributed by atoms with Crippen LogP contribution in [0.5, 0.6) is 0 Å². The predicted molar refractivity (Wildman–Crippen MR) is 179 cm³/mol. The molecule has 0 aliphatic carbocycles. The van der Waals surface area contributed by atoms with Crippen molar-refractivity contribution in [3.63, 3.8) is 0 Å². The molecule has 2 aliphatic heterocycles. The number of hydrogen-bond donors (Lipinski definition) is 2. The summed E-state index contributed by atoms with van der Waals surface area (Å²) in [6, 6.07) is 8.20. The van der Waals surface area contributed by atoms with E-state index in [9.17, 15) is 10.2 Å². The van der Waals surface area contributed by atoms with Crippen molar-refractivity contribution in [2.45, 2.75) is 117 Å². The molecule has 0 radical (unpaired) electrons. The van der Waals surface area contributed by atoms with Gasteiger partial charge in [0.05, 0.1) is 63.7 Å². The van der Waals surface area contributed by atoms with Crippen LogP contribution >= 0.6 is 0 Å². The zero-order chi connectivity index (χ0) is 33.2. The first-order chi connectivity index (χ1) is 23.0. The molecule has 2 N–H and O–H groups in total. The summed E-state index contributed by atoms with van der Waals surface area (Å²) in [4.78, 5) is 0. The van der Waals surface area contributed by atoms with Gasteiger partial charge in [-0.05, 0) is 12.8 Å². The summed E-state index contributed by atoms with van der Waals surface area (Å²) in [6.45, 7) is 8.02. The molecule has 9 heteroatoms. The van der Waals surface area contributed by atoms with E-state index in [4.69, 9.17) is 23.7 Å². The van der Waals surface area contributed by atoms with E-state index >= 15 is 0 Å². The highest BCUT2D eigenvalue weighted by molar-refractivity contribution is 5.10. The summed E-state index contributed by atoms with van der Waals surface area (Å²) < 4.78 is 34.9. The minimum absolute atomic E-state index is 0.124. The number of aryl methyl sites for hydroxylation is 2. The van der Waals surface area contributed by atoms with Gasteiger partial charge in [0.25, 0.3) is 0 Å². The van der Waals surface area contributed by atoms with Crippen molar-refractivity contribution >= 4 is 0 Å². The van der Waals surface area contributed by atoms with Crippen LogP contribution in [0.25, 0.3) is 0 Å². The van der Waals surface area contributed by atoms with Gasteiger partial charge in [-0.25, -0.2) is 9.13 Å². The van der Waals surface area contributed by atoms with Gasteiger partial charge in [-0.15, -0.1) is 0 Å². The topological polar surface area (TPSA) is 94.4 Å². The lowest BCUT2D eigenvalue weighted by molar-refractivity contribution is -0.697. The van der Waals surface area contributed by atoms with Gasteiger partial charge in [-0.3, -0.25) is 0 Å². The lowest BCUT2D eigenvalue weighted by Gasteiger charge is -2.41. The van der Waals surface area contributed by atoms with E-state index in [1.54, 1.807) is 0 Å². The van der Waals surface area contributed by atoms with Crippen LogP contribution < -0.4 is 9.13 Å². The Kier molecular flexibility index (Phi) is 16.5. The summed E-state index contributed by atoms with van der Waals surface area (Å²) in [5.74, 6) is 0. The van der Waals surface area contributed by atoms with Gasteiger partial charge >= 0.3 is 0 Å². The average molecular weight is 659 g/mol. The molecule has 0 aromatic carbocycles. The molecule has 0 amide bonds. The van der Waals surface area contributed by atoms with Crippen LogP contribution in [0, 0.1) is 10.8 Å². The average Bonchev–Trinajstić information content (AvgIpc) is 3.12. The second-order valence-corrected chi connectivity index (χ2v) is 14.0. The van der Waals surface area contributed by atoms with Gasteiger partial charge in [-0.1, -0.05) is 65.2 Å². The predicted octanol–water partition coefficient (Wildman–Crippen LogP) is 5.75. The molecule has 47 heavy (non-hydrogen) atoms. The number of ether oxygens (including phenoxy) is 5. The number of aliphatic hydroxyl groups excluding tert-OH is 2. The Bertz CT molecular complexity index is 1010. The molecule has 2 aromatic heterocycles. The summed E-state index contributed by atoms with van der Waals surface area (Å²) in [6.07, 6.45) is 22.8. The van der Waals surface area contributed by atoms with Crippen LogP contribution in [0.15, 0.2) is 49.1 Å². The van der Waals surface area contributed by atoms with Crippen LogP contribution in [0.4, 0.5) is 0 Å². The number of hydrogen-bond acceptors (Lipinski definition) is 7. The Labute approximate surface area is 283 Å². The Morgan fingerprint density at radius 1 is 0.574 bits per heavy atom. The summed E-state index contributed by atoms with van der Waals surface area (Å²) in [5.41, 5.74) is 0.585. The van der Waals surface area contributed by atoms with Gasteiger partial charge in [0.2, 0.25) is 0 Å². The molecule has 0 unspecified atom stereocenters. The van der Waals surface area contributed by atoms with E-state index in [0.717, 1.165) is 24.2 Å². The van der Waals surface area contributed by atoms with Crippen molar-refractivity contribution in [2.75, 3.05) is 52.9 Å². The fourth-order valence-electron chi connectivity index (χ4n) is 6.20. The molecule has 9 nitrogen and oxygen atoms in total. The monoisotopic (exact) mass is 658 g/mol. The zero-order valence-corrected chi connectivity index (χ0v) is 29.2. The molecule has 2 fully saturated rings. The zero-order valence-electron chi connectivity index (χ0n) is 29.2. The maximum Gasteiger partial charge on any atom is 0.184 e. The lowest BCUT2D eigenvalue weighted by Crippen LogP contribution is -2.48. The van der Waals surface area contributed by atoms with Crippen molar-refractivity contribution in [3.05, 3.63) is 60.2 Å². The summed E-state index contributed by atoms with van der Waals surface area (Å²) in [7, 11) is 0. The van der Waals surface area contributed by atoms with Crippen LogP contribution in [0.2, 0.25) is 0 Å². The highest BCUT2D eigenvalue weighted by Crippen LogP contribution is 2.34. The van der Waals surface area contributed by atoms with Crippen LogP contribution in [0.3, 0.4) is 0 Å². The molecule has 0 saturated carbocycles. The number of aliphatic hydroxyl groups is 2. The molecule has 2 aliphatic rings. The lowest BCUT2D eigenvalue weighted by atomic mass is 9.89. The molecule has 4 rings (SSSR count). The smallest absolute Gasteiger partial charge is 0.184 e.